The number of carbonyl (C=O) groups excluding carboxylic acids is 3. The van der Waals surface area contributed by atoms with Crippen molar-refractivity contribution in [3.63, 3.8) is 0 Å². The van der Waals surface area contributed by atoms with Crippen molar-refractivity contribution in [2.24, 2.45) is 7.05 Å². The van der Waals surface area contributed by atoms with Crippen molar-refractivity contribution >= 4 is 57.9 Å². The molecule has 0 bridgehead atoms. The van der Waals surface area contributed by atoms with Crippen LogP contribution in [0.2, 0.25) is 0 Å². The number of halogens is 3. The molecular weight excluding hydrogens is 612 g/mol. The molecule has 1 heterocycles. The third-order valence-corrected chi connectivity index (χ3v) is 7.00. The Labute approximate surface area is 267 Å². The van der Waals surface area contributed by atoms with Crippen molar-refractivity contribution in [1.29, 1.82) is 0 Å². The number of alkyl carbamates (subject to hydrolysis) is 1. The molecule has 0 aliphatic carbocycles. The van der Waals surface area contributed by atoms with Crippen LogP contribution >= 0.6 is 23.2 Å². The number of benzene rings is 2. The standard InChI is InChI=1S/C31H40Cl2FN5O5/c1-6-43-29(41)25(17-20-7-9-21(34)10-8-20)36-28(40)24(37-30(42)44-31(2,3)4)19-27-35-23-18-22(11-12-26(23)38(27)5)39(15-13-32)16-14-33/h7-12,18,24-25H,6,13-17,19H2,1-5H3,(H,36,40)(H,37,42)/t24-,25-/m0/s1. The summed E-state index contributed by atoms with van der Waals surface area (Å²) < 4.78 is 25.9. The normalized spacial score (nSPS) is 12.8. The fourth-order valence-electron chi connectivity index (χ4n) is 4.60. The van der Waals surface area contributed by atoms with Crippen molar-refractivity contribution in [1.82, 2.24) is 20.2 Å². The van der Waals surface area contributed by atoms with Crippen LogP contribution in [0.15, 0.2) is 42.5 Å². The number of rotatable bonds is 14. The highest BCUT2D eigenvalue weighted by Crippen LogP contribution is 2.23. The largest absolute Gasteiger partial charge is 0.464 e. The Balaban J connectivity index is 1.92. The minimum absolute atomic E-state index is 0.00917. The van der Waals surface area contributed by atoms with Gasteiger partial charge in [0.25, 0.3) is 0 Å². The molecule has 0 saturated heterocycles. The van der Waals surface area contributed by atoms with E-state index in [-0.39, 0.29) is 19.4 Å². The van der Waals surface area contributed by atoms with E-state index in [1.54, 1.807) is 27.7 Å². The molecule has 2 amide bonds. The maximum atomic E-state index is 13.7. The fraction of sp³-hybridized carbons (Fsp3) is 0.484. The lowest BCUT2D eigenvalue weighted by Gasteiger charge is -2.25. The van der Waals surface area contributed by atoms with Gasteiger partial charge in [0, 0.05) is 50.4 Å². The summed E-state index contributed by atoms with van der Waals surface area (Å²) in [4.78, 5) is 46.2. The van der Waals surface area contributed by atoms with Crippen molar-refractivity contribution in [2.75, 3.05) is 36.4 Å². The van der Waals surface area contributed by atoms with E-state index in [9.17, 15) is 18.8 Å². The summed E-state index contributed by atoms with van der Waals surface area (Å²) in [6.07, 6.45) is -0.756. The number of ether oxygens (including phenoxy) is 2. The first-order valence-corrected chi connectivity index (χ1v) is 15.4. The number of hydrogen-bond acceptors (Lipinski definition) is 7. The highest BCUT2D eigenvalue weighted by Gasteiger charge is 2.31. The lowest BCUT2D eigenvalue weighted by molar-refractivity contribution is -0.147. The maximum absolute atomic E-state index is 13.7. The molecule has 1 aromatic heterocycles. The molecule has 3 aromatic rings. The molecular formula is C31H40Cl2FN5O5. The van der Waals surface area contributed by atoms with Crippen molar-refractivity contribution in [3.05, 3.63) is 59.7 Å². The third kappa shape index (κ3) is 9.99. The van der Waals surface area contributed by atoms with E-state index in [1.165, 1.54) is 24.3 Å². The van der Waals surface area contributed by atoms with Crippen molar-refractivity contribution < 1.29 is 28.2 Å². The average molecular weight is 653 g/mol. The van der Waals surface area contributed by atoms with Gasteiger partial charge in [0.05, 0.1) is 17.6 Å². The van der Waals surface area contributed by atoms with Gasteiger partial charge in [-0.3, -0.25) is 4.79 Å². The van der Waals surface area contributed by atoms with Crippen LogP contribution in [0.25, 0.3) is 11.0 Å². The smallest absolute Gasteiger partial charge is 0.408 e. The minimum Gasteiger partial charge on any atom is -0.464 e. The van der Waals surface area contributed by atoms with Gasteiger partial charge in [-0.25, -0.2) is 19.0 Å². The average Bonchev–Trinajstić information content (AvgIpc) is 3.26. The van der Waals surface area contributed by atoms with Gasteiger partial charge >= 0.3 is 12.1 Å². The highest BCUT2D eigenvalue weighted by molar-refractivity contribution is 6.18. The van der Waals surface area contributed by atoms with Gasteiger partial charge in [0.2, 0.25) is 5.91 Å². The number of aromatic nitrogens is 2. The second-order valence-corrected chi connectivity index (χ2v) is 11.9. The molecule has 0 radical (unpaired) electrons. The molecule has 0 saturated carbocycles. The lowest BCUT2D eigenvalue weighted by atomic mass is 10.0. The van der Waals surface area contributed by atoms with Gasteiger partial charge in [0.1, 0.15) is 29.3 Å². The Morgan fingerprint density at radius 3 is 2.25 bits per heavy atom. The van der Waals surface area contributed by atoms with Crippen LogP contribution in [0.3, 0.4) is 0 Å². The zero-order valence-corrected chi connectivity index (χ0v) is 27.2. The molecule has 10 nitrogen and oxygen atoms in total. The number of esters is 1. The Kier molecular flexibility index (Phi) is 12.7. The van der Waals surface area contributed by atoms with Crippen LogP contribution in [0.5, 0.6) is 0 Å². The number of fused-ring (bicyclic) bond motifs is 1. The molecule has 44 heavy (non-hydrogen) atoms. The van der Waals surface area contributed by atoms with Crippen LogP contribution in [0, 0.1) is 5.82 Å². The van der Waals surface area contributed by atoms with Gasteiger partial charge in [0.15, 0.2) is 0 Å². The molecule has 2 atom stereocenters. The number of anilines is 1. The Morgan fingerprint density at radius 2 is 1.66 bits per heavy atom. The van der Waals surface area contributed by atoms with Gasteiger partial charge in [-0.2, -0.15) is 0 Å². The number of nitrogens with one attached hydrogen (secondary N) is 2. The number of amides is 2. The van der Waals surface area contributed by atoms with Crippen molar-refractivity contribution in [2.45, 2.75) is 58.2 Å². The number of aryl methyl sites for hydroxylation is 1. The van der Waals surface area contributed by atoms with Gasteiger partial charge in [-0.05, 0) is 63.6 Å². The first-order valence-electron chi connectivity index (χ1n) is 14.4. The summed E-state index contributed by atoms with van der Waals surface area (Å²) in [6, 6.07) is 9.15. The Hall–Kier alpha value is -3.57. The summed E-state index contributed by atoms with van der Waals surface area (Å²) in [5, 5.41) is 5.35. The van der Waals surface area contributed by atoms with Crippen LogP contribution in [0.4, 0.5) is 14.9 Å². The summed E-state index contributed by atoms with van der Waals surface area (Å²) >= 11 is 12.0. The summed E-state index contributed by atoms with van der Waals surface area (Å²) in [5.41, 5.74) is 2.21. The van der Waals surface area contributed by atoms with E-state index < -0.39 is 41.5 Å². The first kappa shape index (κ1) is 34.9. The molecule has 0 fully saturated rings. The SMILES string of the molecule is CCOC(=O)[C@H](Cc1ccc(F)cc1)NC(=O)[C@H](Cc1nc2cc(N(CCCl)CCCl)ccc2n1C)NC(=O)OC(C)(C)C. The van der Waals surface area contributed by atoms with Gasteiger partial charge in [-0.1, -0.05) is 12.1 Å². The maximum Gasteiger partial charge on any atom is 0.408 e. The van der Waals surface area contributed by atoms with E-state index in [1.807, 2.05) is 29.8 Å². The molecule has 0 aliphatic rings. The predicted octanol–water partition coefficient (Wildman–Crippen LogP) is 4.72. The molecule has 3 rings (SSSR count). The molecule has 2 aromatic carbocycles. The third-order valence-electron chi connectivity index (χ3n) is 6.67. The minimum atomic E-state index is -1.16. The van der Waals surface area contributed by atoms with Gasteiger partial charge < -0.3 is 29.6 Å². The number of alkyl halides is 2. The number of carbonyl (C=O) groups is 3. The Morgan fingerprint density at radius 1 is 1.00 bits per heavy atom. The monoisotopic (exact) mass is 651 g/mol. The Bertz CT molecular complexity index is 1420. The summed E-state index contributed by atoms with van der Waals surface area (Å²) in [6.45, 7) is 8.11. The zero-order chi connectivity index (χ0) is 32.4. The summed E-state index contributed by atoms with van der Waals surface area (Å²) in [7, 11) is 1.82. The quantitative estimate of drug-likeness (QED) is 0.191. The van der Waals surface area contributed by atoms with Gasteiger partial charge in [-0.15, -0.1) is 23.2 Å². The number of imidazole rings is 1. The van der Waals surface area contributed by atoms with E-state index in [2.05, 4.69) is 15.5 Å². The first-order chi connectivity index (χ1) is 20.8. The van der Waals surface area contributed by atoms with Crippen LogP contribution in [0.1, 0.15) is 39.1 Å². The topological polar surface area (TPSA) is 115 Å². The summed E-state index contributed by atoms with van der Waals surface area (Å²) in [5.74, 6) is -0.338. The predicted molar refractivity (Wildman–Crippen MR) is 170 cm³/mol. The van der Waals surface area contributed by atoms with Crippen LogP contribution in [-0.2, 0) is 39.0 Å². The van der Waals surface area contributed by atoms with E-state index in [0.717, 1.165) is 11.2 Å². The second-order valence-electron chi connectivity index (χ2n) is 11.2. The molecule has 2 N–H and O–H groups in total. The number of hydrogen-bond donors (Lipinski definition) is 2. The fourth-order valence-corrected chi connectivity index (χ4v) is 5.01. The van der Waals surface area contributed by atoms with E-state index >= 15 is 0 Å². The van der Waals surface area contributed by atoms with Crippen LogP contribution < -0.4 is 15.5 Å². The molecule has 0 spiro atoms. The second kappa shape index (κ2) is 15.9. The van der Waals surface area contributed by atoms with E-state index in [0.29, 0.717) is 41.8 Å². The van der Waals surface area contributed by atoms with Crippen LogP contribution in [-0.4, -0.2) is 76.7 Å². The molecule has 240 valence electrons. The zero-order valence-electron chi connectivity index (χ0n) is 25.7. The molecule has 0 unspecified atom stereocenters. The highest BCUT2D eigenvalue weighted by atomic mass is 35.5. The van der Waals surface area contributed by atoms with Crippen molar-refractivity contribution in [3.8, 4) is 0 Å². The lowest BCUT2D eigenvalue weighted by Crippen LogP contribution is -2.54. The van der Waals surface area contributed by atoms with E-state index in [4.69, 9.17) is 37.7 Å². The molecule has 13 heteroatoms. The number of nitrogens with zero attached hydrogens (tertiary/aromatic N) is 3. The molecule has 0 aliphatic heterocycles.